The predicted octanol–water partition coefficient (Wildman–Crippen LogP) is 5.44. The molecule has 8 nitrogen and oxygen atoms in total. The van der Waals surface area contributed by atoms with Gasteiger partial charge in [0.25, 0.3) is 0 Å². The Labute approximate surface area is 277 Å². The van der Waals surface area contributed by atoms with E-state index in [-0.39, 0.29) is 57.7 Å². The van der Waals surface area contributed by atoms with Crippen molar-refractivity contribution in [3.8, 4) is 0 Å². The number of hydrogen-bond donors (Lipinski definition) is 3. The van der Waals surface area contributed by atoms with Crippen molar-refractivity contribution in [3.05, 3.63) is 18.1 Å². The van der Waals surface area contributed by atoms with Crippen molar-refractivity contribution in [2.45, 2.75) is 144 Å². The van der Waals surface area contributed by atoms with Crippen LogP contribution in [-0.4, -0.2) is 76.0 Å². The molecular formula is C38H60NO7. The van der Waals surface area contributed by atoms with Crippen LogP contribution in [0.2, 0.25) is 0 Å². The molecule has 8 heteroatoms. The first-order valence-electron chi connectivity index (χ1n) is 18.3. The van der Waals surface area contributed by atoms with E-state index < -0.39 is 23.2 Å². The summed E-state index contributed by atoms with van der Waals surface area (Å²) in [6, 6.07) is 0. The highest BCUT2D eigenvalue weighted by atomic mass is 16.7. The van der Waals surface area contributed by atoms with Crippen molar-refractivity contribution < 1.29 is 34.3 Å². The van der Waals surface area contributed by atoms with Gasteiger partial charge in [0.1, 0.15) is 18.3 Å². The van der Waals surface area contributed by atoms with Gasteiger partial charge in [0.15, 0.2) is 6.29 Å². The predicted molar refractivity (Wildman–Crippen MR) is 173 cm³/mol. The fraction of sp³-hybridized carbons (Fsp3) is 0.895. The van der Waals surface area contributed by atoms with Crippen LogP contribution in [0.5, 0.6) is 0 Å². The zero-order valence-corrected chi connectivity index (χ0v) is 29.8. The van der Waals surface area contributed by atoms with Gasteiger partial charge in [0, 0.05) is 23.8 Å². The number of amides is 1. The Morgan fingerprint density at radius 2 is 1.83 bits per heavy atom. The molecule has 1 unspecified atom stereocenters. The van der Waals surface area contributed by atoms with E-state index in [0.29, 0.717) is 38.1 Å². The van der Waals surface area contributed by atoms with Crippen molar-refractivity contribution in [1.82, 2.24) is 4.90 Å². The Bertz CT molecular complexity index is 1220. The number of nitrogens with zero attached hydrogens (tertiary/aromatic N) is 1. The fourth-order valence-electron chi connectivity index (χ4n) is 12.7. The Morgan fingerprint density at radius 1 is 1.11 bits per heavy atom. The molecule has 0 bridgehead atoms. The number of morpholine rings is 1. The van der Waals surface area contributed by atoms with Crippen LogP contribution in [0.1, 0.15) is 114 Å². The molecule has 2 saturated heterocycles. The summed E-state index contributed by atoms with van der Waals surface area (Å²) in [7, 11) is 0. The second-order valence-electron chi connectivity index (χ2n) is 18.4. The van der Waals surface area contributed by atoms with Crippen LogP contribution < -0.4 is 0 Å². The maximum Gasteiger partial charge on any atom is 0.225 e. The highest BCUT2D eigenvalue weighted by Gasteiger charge is 2.85. The van der Waals surface area contributed by atoms with Gasteiger partial charge in [-0.05, 0) is 105 Å². The van der Waals surface area contributed by atoms with E-state index in [0.717, 1.165) is 44.6 Å². The van der Waals surface area contributed by atoms with E-state index in [9.17, 15) is 20.1 Å². The van der Waals surface area contributed by atoms with Crippen molar-refractivity contribution in [3.63, 3.8) is 0 Å². The number of aliphatic hydroxyl groups excluding tert-OH is 2. The first-order chi connectivity index (χ1) is 21.3. The van der Waals surface area contributed by atoms with Crippen molar-refractivity contribution in [2.75, 3.05) is 19.7 Å². The molecule has 5 saturated carbocycles. The van der Waals surface area contributed by atoms with Crippen molar-refractivity contribution in [1.29, 1.82) is 0 Å². The molecule has 0 aromatic rings. The topological polar surface area (TPSA) is 109 Å². The van der Waals surface area contributed by atoms with Gasteiger partial charge in [-0.3, -0.25) is 4.79 Å². The van der Waals surface area contributed by atoms with E-state index in [1.807, 2.05) is 18.7 Å². The monoisotopic (exact) mass is 642 g/mol. The molecule has 7 rings (SSSR count). The average Bonchev–Trinajstić information content (AvgIpc) is 3.62. The summed E-state index contributed by atoms with van der Waals surface area (Å²) in [5.74, 6) is 2.56. The van der Waals surface area contributed by atoms with Gasteiger partial charge in [-0.15, -0.1) is 0 Å². The van der Waals surface area contributed by atoms with E-state index in [1.165, 1.54) is 6.42 Å². The molecule has 2 spiro atoms. The molecule has 2 heterocycles. The summed E-state index contributed by atoms with van der Waals surface area (Å²) >= 11 is 0. The number of ether oxygens (including phenoxy) is 3. The van der Waals surface area contributed by atoms with Gasteiger partial charge in [0.2, 0.25) is 5.91 Å². The van der Waals surface area contributed by atoms with Crippen LogP contribution in [0.15, 0.2) is 0 Å². The second-order valence-corrected chi connectivity index (χ2v) is 18.4. The smallest absolute Gasteiger partial charge is 0.225 e. The van der Waals surface area contributed by atoms with E-state index >= 15 is 0 Å². The molecule has 0 aromatic carbocycles. The third-order valence-electron chi connectivity index (χ3n) is 15.1. The van der Waals surface area contributed by atoms with Gasteiger partial charge in [-0.25, -0.2) is 0 Å². The van der Waals surface area contributed by atoms with Crippen LogP contribution >= 0.6 is 0 Å². The van der Waals surface area contributed by atoms with Gasteiger partial charge < -0.3 is 34.4 Å². The molecule has 46 heavy (non-hydrogen) atoms. The van der Waals surface area contributed by atoms with Gasteiger partial charge in [-0.2, -0.15) is 0 Å². The number of hydrogen-bond acceptors (Lipinski definition) is 7. The SMILES string of the molecule is CC(C)C(=O)N1CCO[C@@H](OC2CC[C@]34C[C@]35CC[C@]3(C)[C@@H]6[C](O[C]([C@H](O)C(C)(C)O)C[C@H]6C)[C@H](O)[C@@]3(C)[C]5CC[C@H]4C2(C)C)C1. The largest absolute Gasteiger partial charge is 0.389 e. The summed E-state index contributed by atoms with van der Waals surface area (Å²) in [4.78, 5) is 14.6. The van der Waals surface area contributed by atoms with Crippen molar-refractivity contribution >= 4 is 5.91 Å². The summed E-state index contributed by atoms with van der Waals surface area (Å²) in [5, 5.41) is 33.9. The summed E-state index contributed by atoms with van der Waals surface area (Å²) in [6.07, 6.45) is 7.31. The summed E-state index contributed by atoms with van der Waals surface area (Å²) in [6.45, 7) is 20.6. The minimum absolute atomic E-state index is 0.0300. The molecule has 259 valence electrons. The van der Waals surface area contributed by atoms with E-state index in [1.54, 1.807) is 19.8 Å². The van der Waals surface area contributed by atoms with Crippen LogP contribution in [0.4, 0.5) is 0 Å². The standard InChI is InChI=1S/C38H60NO7/c1-21(2)32(42)39-16-17-44-27(19-39)46-26-12-13-37-20-38(37)15-14-35(8)28-22(3)18-23(30(40)34(6,7)43)45-29(28)31(41)36(35,9)25(38)11-10-24(37)33(26,4)5/h21-22,24,26-28,30-31,40-41,43H,10-20H2,1-9H3/t22-,24+,26?,27+,28+,30+,31+,35-,36-,37-,38+/m1/s1. The first-order valence-corrected chi connectivity index (χ1v) is 18.3. The third kappa shape index (κ3) is 4.34. The molecule has 3 radical (unpaired) electrons. The quantitative estimate of drug-likeness (QED) is 0.367. The molecule has 7 fully saturated rings. The maximum atomic E-state index is 12.7. The second kappa shape index (κ2) is 10.6. The fourth-order valence-corrected chi connectivity index (χ4v) is 12.7. The number of rotatable bonds is 5. The maximum absolute atomic E-state index is 12.7. The Kier molecular flexibility index (Phi) is 7.78. The number of carbonyl (C=O) groups excluding carboxylic acids is 1. The highest BCUT2D eigenvalue weighted by molar-refractivity contribution is 5.78. The third-order valence-corrected chi connectivity index (χ3v) is 15.1. The van der Waals surface area contributed by atoms with Crippen LogP contribution in [0, 0.1) is 68.9 Å². The lowest BCUT2D eigenvalue weighted by atomic mass is 9.41. The highest BCUT2D eigenvalue weighted by Crippen LogP contribution is 2.90. The van der Waals surface area contributed by atoms with Gasteiger partial charge in [-0.1, -0.05) is 48.5 Å². The normalized spacial score (nSPS) is 48.2. The minimum atomic E-state index is -1.31. The lowest BCUT2D eigenvalue weighted by molar-refractivity contribution is -0.242. The van der Waals surface area contributed by atoms with Crippen molar-refractivity contribution in [2.24, 2.45) is 50.7 Å². The Hall–Kier alpha value is -0.770. The molecule has 3 N–H and O–H groups in total. The lowest BCUT2D eigenvalue weighted by Gasteiger charge is -2.63. The summed E-state index contributed by atoms with van der Waals surface area (Å²) < 4.78 is 19.4. The lowest BCUT2D eigenvalue weighted by Crippen LogP contribution is -2.59. The number of carbonyl (C=O) groups is 1. The van der Waals surface area contributed by atoms with Gasteiger partial charge >= 0.3 is 0 Å². The number of fused-ring (bicyclic) bond motifs is 4. The van der Waals surface area contributed by atoms with Crippen LogP contribution in [-0.2, 0) is 19.0 Å². The molecule has 2 aliphatic heterocycles. The molecule has 1 amide bonds. The zero-order valence-electron chi connectivity index (χ0n) is 29.8. The Morgan fingerprint density at radius 3 is 2.50 bits per heavy atom. The molecule has 7 aliphatic rings. The van der Waals surface area contributed by atoms with Crippen LogP contribution in [0.25, 0.3) is 0 Å². The first kappa shape index (κ1) is 33.7. The summed E-state index contributed by atoms with van der Waals surface area (Å²) in [5.41, 5.74) is -1.49. The minimum Gasteiger partial charge on any atom is -0.389 e. The molecular weight excluding hydrogens is 582 g/mol. The molecule has 0 aromatic heterocycles. The Balaban J connectivity index is 1.11. The molecule has 5 aliphatic carbocycles. The van der Waals surface area contributed by atoms with Crippen LogP contribution in [0.3, 0.4) is 0 Å². The van der Waals surface area contributed by atoms with E-state index in [4.69, 9.17) is 14.2 Å². The van der Waals surface area contributed by atoms with E-state index in [2.05, 4.69) is 34.6 Å². The number of aliphatic hydroxyl groups is 3. The molecule has 11 atom stereocenters. The zero-order chi connectivity index (χ0) is 33.4. The van der Waals surface area contributed by atoms with Gasteiger partial charge in [0.05, 0.1) is 31.0 Å². The average molecular weight is 643 g/mol.